The van der Waals surface area contributed by atoms with Crippen LogP contribution in [-0.2, 0) is 33.3 Å². The largest absolute Gasteiger partial charge is 0.545 e. The highest BCUT2D eigenvalue weighted by atomic mass is 16.7. The van der Waals surface area contributed by atoms with Crippen LogP contribution in [0.2, 0.25) is 0 Å². The highest BCUT2D eigenvalue weighted by Crippen LogP contribution is 2.18. The van der Waals surface area contributed by atoms with Crippen molar-refractivity contribution in [3.05, 3.63) is 85.1 Å². The standard InChI is InChI=1S/C76H135NO8/c1-6-8-10-12-14-16-18-20-22-24-26-27-28-29-30-31-32-33-34-35-36-37-38-39-40-41-42-43-44-45-46-47-49-51-53-55-57-59-61-63-65-67-74(79)85-72(71-84-76(75(80)81)82-69-68-77(3,4)5)70-83-73(78)66-64-62-60-58-56-54-52-50-48-25-23-21-19-17-15-13-11-9-7-2/h8,10,14,16,20,22,26-27,29-30,32-33,35-36,72,76H,6-7,9,11-13,15,17-19,21,23-25,28,31,34,37-71H2,1-5H3/b10-8-,16-14-,22-20-,27-26-,30-29-,33-32-,36-35-. The van der Waals surface area contributed by atoms with E-state index in [-0.39, 0.29) is 32.2 Å². The Morgan fingerprint density at radius 3 is 1.00 bits per heavy atom. The molecular weight excluding hydrogens is 1050 g/mol. The molecule has 0 spiro atoms. The van der Waals surface area contributed by atoms with Crippen molar-refractivity contribution in [2.24, 2.45) is 0 Å². The van der Waals surface area contributed by atoms with E-state index in [1.807, 2.05) is 21.1 Å². The van der Waals surface area contributed by atoms with Gasteiger partial charge in [-0.3, -0.25) is 9.59 Å². The van der Waals surface area contributed by atoms with Gasteiger partial charge in [-0.15, -0.1) is 0 Å². The highest BCUT2D eigenvalue weighted by Gasteiger charge is 2.22. The van der Waals surface area contributed by atoms with Crippen LogP contribution in [0.25, 0.3) is 0 Å². The summed E-state index contributed by atoms with van der Waals surface area (Å²) in [5, 5.41) is 11.8. The third kappa shape index (κ3) is 67.8. The van der Waals surface area contributed by atoms with Crippen molar-refractivity contribution >= 4 is 17.9 Å². The number of aliphatic carboxylic acids is 1. The third-order valence-electron chi connectivity index (χ3n) is 15.7. The lowest BCUT2D eigenvalue weighted by molar-refractivity contribution is -0.870. The molecular formula is C76H135NO8. The van der Waals surface area contributed by atoms with E-state index < -0.39 is 24.3 Å². The van der Waals surface area contributed by atoms with Gasteiger partial charge in [-0.2, -0.15) is 0 Å². The van der Waals surface area contributed by atoms with Crippen LogP contribution in [0.4, 0.5) is 0 Å². The monoisotopic (exact) mass is 1190 g/mol. The van der Waals surface area contributed by atoms with Crippen molar-refractivity contribution in [3.63, 3.8) is 0 Å². The summed E-state index contributed by atoms with van der Waals surface area (Å²) in [7, 11) is 5.94. The predicted molar refractivity (Wildman–Crippen MR) is 361 cm³/mol. The average Bonchev–Trinajstić information content (AvgIpc) is 3.49. The van der Waals surface area contributed by atoms with Crippen molar-refractivity contribution < 1.29 is 42.9 Å². The molecule has 0 saturated heterocycles. The number of quaternary nitrogens is 1. The molecule has 0 rings (SSSR count). The zero-order valence-corrected chi connectivity index (χ0v) is 56.2. The van der Waals surface area contributed by atoms with Crippen LogP contribution in [0.5, 0.6) is 0 Å². The lowest BCUT2D eigenvalue weighted by atomic mass is 10.0. The van der Waals surface area contributed by atoms with E-state index in [0.717, 1.165) is 77.0 Å². The number of hydrogen-bond donors (Lipinski definition) is 0. The van der Waals surface area contributed by atoms with Crippen LogP contribution in [0.15, 0.2) is 85.1 Å². The van der Waals surface area contributed by atoms with Crippen LogP contribution in [0, 0.1) is 0 Å². The zero-order valence-electron chi connectivity index (χ0n) is 56.2. The maximum absolute atomic E-state index is 12.9. The topological polar surface area (TPSA) is 111 Å². The van der Waals surface area contributed by atoms with Gasteiger partial charge in [0.1, 0.15) is 13.2 Å². The second-order valence-electron chi connectivity index (χ2n) is 25.2. The van der Waals surface area contributed by atoms with Gasteiger partial charge in [0.05, 0.1) is 40.3 Å². The van der Waals surface area contributed by atoms with Gasteiger partial charge in [0, 0.05) is 12.8 Å². The first-order valence-electron chi connectivity index (χ1n) is 35.7. The second kappa shape index (κ2) is 66.4. The molecule has 2 atom stereocenters. The molecule has 85 heavy (non-hydrogen) atoms. The second-order valence-corrected chi connectivity index (χ2v) is 25.2. The Kier molecular flexibility index (Phi) is 63.7. The molecule has 0 aromatic rings. The number of rotatable bonds is 66. The van der Waals surface area contributed by atoms with Crippen LogP contribution in [0.3, 0.4) is 0 Å². The van der Waals surface area contributed by atoms with Gasteiger partial charge in [-0.25, -0.2) is 0 Å². The first kappa shape index (κ1) is 81.5. The van der Waals surface area contributed by atoms with E-state index in [1.54, 1.807) is 0 Å². The molecule has 0 fully saturated rings. The summed E-state index contributed by atoms with van der Waals surface area (Å²) < 4.78 is 22.8. The van der Waals surface area contributed by atoms with Gasteiger partial charge >= 0.3 is 11.9 Å². The molecule has 9 heteroatoms. The van der Waals surface area contributed by atoms with Crippen molar-refractivity contribution in [1.29, 1.82) is 0 Å². The van der Waals surface area contributed by atoms with Gasteiger partial charge in [0.2, 0.25) is 0 Å². The van der Waals surface area contributed by atoms with E-state index in [2.05, 4.69) is 98.9 Å². The number of carbonyl (C=O) groups is 3. The number of ether oxygens (including phenoxy) is 4. The number of hydrogen-bond acceptors (Lipinski definition) is 8. The molecule has 492 valence electrons. The summed E-state index contributed by atoms with van der Waals surface area (Å²) in [5.41, 5.74) is 0. The number of likely N-dealkylation sites (N-methyl/N-ethyl adjacent to an activating group) is 1. The molecule has 0 bridgehead atoms. The van der Waals surface area contributed by atoms with Gasteiger partial charge < -0.3 is 33.3 Å². The number of carboxylic acids is 1. The minimum Gasteiger partial charge on any atom is -0.545 e. The van der Waals surface area contributed by atoms with E-state index in [9.17, 15) is 19.5 Å². The summed E-state index contributed by atoms with van der Waals surface area (Å²) >= 11 is 0. The van der Waals surface area contributed by atoms with Crippen LogP contribution >= 0.6 is 0 Å². The van der Waals surface area contributed by atoms with Gasteiger partial charge in [-0.1, -0.05) is 324 Å². The highest BCUT2D eigenvalue weighted by molar-refractivity contribution is 5.70. The normalized spacial score (nSPS) is 13.2. The molecule has 0 heterocycles. The Balaban J connectivity index is 4.00. The summed E-state index contributed by atoms with van der Waals surface area (Å²) in [4.78, 5) is 37.4. The Hall–Kier alpha value is -3.53. The maximum Gasteiger partial charge on any atom is 0.306 e. The summed E-state index contributed by atoms with van der Waals surface area (Å²) in [6.45, 7) is 4.68. The van der Waals surface area contributed by atoms with Crippen LogP contribution in [-0.4, -0.2) is 82.3 Å². The van der Waals surface area contributed by atoms with E-state index in [1.165, 1.54) is 212 Å². The minimum atomic E-state index is -1.62. The first-order valence-corrected chi connectivity index (χ1v) is 35.7. The summed E-state index contributed by atoms with van der Waals surface area (Å²) in [6.07, 6.45) is 86.7. The third-order valence-corrected chi connectivity index (χ3v) is 15.7. The molecule has 2 unspecified atom stereocenters. The van der Waals surface area contributed by atoms with E-state index >= 15 is 0 Å². The van der Waals surface area contributed by atoms with Crippen LogP contribution < -0.4 is 5.11 Å². The van der Waals surface area contributed by atoms with Gasteiger partial charge in [0.15, 0.2) is 12.4 Å². The quantitative estimate of drug-likeness (QED) is 0.0195. The summed E-state index contributed by atoms with van der Waals surface area (Å²) in [6, 6.07) is 0. The lowest BCUT2D eigenvalue weighted by Gasteiger charge is -2.26. The molecule has 0 N–H and O–H groups in total. The van der Waals surface area contributed by atoms with Crippen molar-refractivity contribution in [3.8, 4) is 0 Å². The molecule has 0 radical (unpaired) electrons. The first-order chi connectivity index (χ1) is 41.6. The smallest absolute Gasteiger partial charge is 0.306 e. The Morgan fingerprint density at radius 2 is 0.671 bits per heavy atom. The number of nitrogens with zero attached hydrogens (tertiary/aromatic N) is 1. The Morgan fingerprint density at radius 1 is 0.365 bits per heavy atom. The van der Waals surface area contributed by atoms with Gasteiger partial charge in [0.25, 0.3) is 0 Å². The van der Waals surface area contributed by atoms with Crippen molar-refractivity contribution in [2.45, 2.75) is 334 Å². The number of allylic oxidation sites excluding steroid dienone is 14. The molecule has 0 aliphatic heterocycles. The zero-order chi connectivity index (χ0) is 61.9. The van der Waals surface area contributed by atoms with E-state index in [0.29, 0.717) is 23.9 Å². The number of carboxylic acid groups (broad SMARTS) is 1. The van der Waals surface area contributed by atoms with Crippen LogP contribution in [0.1, 0.15) is 322 Å². The molecule has 0 saturated carbocycles. The molecule has 0 aliphatic carbocycles. The Bertz CT molecular complexity index is 1670. The molecule has 0 aromatic heterocycles. The van der Waals surface area contributed by atoms with Crippen molar-refractivity contribution in [1.82, 2.24) is 0 Å². The Labute approximate surface area is 525 Å². The fourth-order valence-electron chi connectivity index (χ4n) is 10.2. The van der Waals surface area contributed by atoms with E-state index in [4.69, 9.17) is 18.9 Å². The lowest BCUT2D eigenvalue weighted by Crippen LogP contribution is -2.44. The molecule has 0 aromatic carbocycles. The maximum atomic E-state index is 12.9. The average molecular weight is 1190 g/mol. The molecule has 0 aliphatic rings. The number of esters is 2. The van der Waals surface area contributed by atoms with Gasteiger partial charge in [-0.05, 0) is 70.6 Å². The predicted octanol–water partition coefficient (Wildman–Crippen LogP) is 20.9. The summed E-state index contributed by atoms with van der Waals surface area (Å²) in [5.74, 6) is -2.26. The fourth-order valence-corrected chi connectivity index (χ4v) is 10.2. The molecule has 0 amide bonds. The molecule has 9 nitrogen and oxygen atoms in total. The number of carbonyl (C=O) groups excluding carboxylic acids is 3. The SMILES string of the molecule is CC/C=C\C/C=C\C/C=C\C/C=C\C/C=C\C/C=C\C/C=C\CCCCCCCCCCCCCCCCCCCCCC(=O)OC(COC(=O)CCCCCCCCCCCCCCCCCCCCC)COC(OCC[N+](C)(C)C)C(=O)[O-]. The fraction of sp³-hybridized carbons (Fsp3) is 0.776. The number of unbranched alkanes of at least 4 members (excludes halogenated alkanes) is 37. The minimum absolute atomic E-state index is 0.149. The van der Waals surface area contributed by atoms with Crippen molar-refractivity contribution in [2.75, 3.05) is 47.5 Å².